The number of anilines is 1. The van der Waals surface area contributed by atoms with Crippen molar-refractivity contribution in [3.8, 4) is 0 Å². The topological polar surface area (TPSA) is 54.9 Å². The largest absolute Gasteiger partial charge is 0.309 e. The Morgan fingerprint density at radius 3 is 2.68 bits per heavy atom. The van der Waals surface area contributed by atoms with Crippen LogP contribution >= 0.6 is 15.9 Å². The molecule has 1 amide bonds. The third-order valence-electron chi connectivity index (χ3n) is 2.25. The molecule has 1 aromatic carbocycles. The van der Waals surface area contributed by atoms with E-state index < -0.39 is 17.5 Å². The first-order chi connectivity index (χ1) is 9.04. The van der Waals surface area contributed by atoms with Crippen molar-refractivity contribution in [1.29, 1.82) is 0 Å². The SMILES string of the molecule is O=C(Cc1ccc(F)cc1F)Nc1cnc(Br)cn1. The van der Waals surface area contributed by atoms with Crippen LogP contribution in [0, 0.1) is 11.6 Å². The number of nitrogens with one attached hydrogen (secondary N) is 1. The van der Waals surface area contributed by atoms with E-state index in [1.54, 1.807) is 0 Å². The minimum absolute atomic E-state index is 0.115. The van der Waals surface area contributed by atoms with Gasteiger partial charge in [0.05, 0.1) is 18.8 Å². The van der Waals surface area contributed by atoms with Crippen molar-refractivity contribution in [2.24, 2.45) is 0 Å². The maximum Gasteiger partial charge on any atom is 0.230 e. The van der Waals surface area contributed by atoms with Crippen molar-refractivity contribution in [2.45, 2.75) is 6.42 Å². The zero-order valence-corrected chi connectivity index (χ0v) is 11.1. The van der Waals surface area contributed by atoms with Gasteiger partial charge in [0.2, 0.25) is 5.91 Å². The third-order valence-corrected chi connectivity index (χ3v) is 2.66. The first-order valence-corrected chi connectivity index (χ1v) is 6.05. The van der Waals surface area contributed by atoms with Crippen molar-refractivity contribution in [3.63, 3.8) is 0 Å². The van der Waals surface area contributed by atoms with E-state index in [1.165, 1.54) is 18.5 Å². The average Bonchev–Trinajstić information content (AvgIpc) is 2.36. The molecule has 7 heteroatoms. The first kappa shape index (κ1) is 13.5. The Morgan fingerprint density at radius 1 is 1.26 bits per heavy atom. The third kappa shape index (κ3) is 3.78. The predicted molar refractivity (Wildman–Crippen MR) is 68.4 cm³/mol. The van der Waals surface area contributed by atoms with E-state index in [4.69, 9.17) is 0 Å². The van der Waals surface area contributed by atoms with Crippen LogP contribution in [-0.2, 0) is 11.2 Å². The van der Waals surface area contributed by atoms with Gasteiger partial charge in [-0.25, -0.2) is 18.7 Å². The minimum atomic E-state index is -0.753. The van der Waals surface area contributed by atoms with Crippen molar-refractivity contribution >= 4 is 27.7 Å². The van der Waals surface area contributed by atoms with Gasteiger partial charge >= 0.3 is 0 Å². The van der Waals surface area contributed by atoms with Crippen molar-refractivity contribution in [3.05, 3.63) is 52.4 Å². The standard InChI is InChI=1S/C12H8BrF2N3O/c13-10-5-17-11(6-16-10)18-12(19)3-7-1-2-8(14)4-9(7)15/h1-2,4-6H,3H2,(H,17,18,19). The van der Waals surface area contributed by atoms with Gasteiger partial charge < -0.3 is 5.32 Å². The molecule has 0 saturated carbocycles. The van der Waals surface area contributed by atoms with Gasteiger partial charge in [-0.3, -0.25) is 4.79 Å². The van der Waals surface area contributed by atoms with Gasteiger partial charge in [-0.1, -0.05) is 6.07 Å². The Balaban J connectivity index is 2.03. The monoisotopic (exact) mass is 327 g/mol. The molecule has 2 rings (SSSR count). The molecule has 4 nitrogen and oxygen atoms in total. The molecule has 19 heavy (non-hydrogen) atoms. The van der Waals surface area contributed by atoms with Crippen LogP contribution in [0.5, 0.6) is 0 Å². The maximum absolute atomic E-state index is 13.3. The normalized spacial score (nSPS) is 10.3. The maximum atomic E-state index is 13.3. The van der Waals surface area contributed by atoms with Crippen LogP contribution in [0.15, 0.2) is 35.2 Å². The summed E-state index contributed by atoms with van der Waals surface area (Å²) in [6, 6.07) is 3.07. The molecule has 0 saturated heterocycles. The molecule has 0 aliphatic carbocycles. The van der Waals surface area contributed by atoms with Gasteiger partial charge in [0.25, 0.3) is 0 Å². The lowest BCUT2D eigenvalue weighted by molar-refractivity contribution is -0.115. The Hall–Kier alpha value is -1.89. The fourth-order valence-corrected chi connectivity index (χ4v) is 1.61. The molecule has 98 valence electrons. The number of benzene rings is 1. The second kappa shape index (κ2) is 5.83. The summed E-state index contributed by atoms with van der Waals surface area (Å²) in [7, 11) is 0. The average molecular weight is 328 g/mol. The van der Waals surface area contributed by atoms with Gasteiger partial charge in [-0.2, -0.15) is 0 Å². The van der Waals surface area contributed by atoms with Crippen LogP contribution in [0.1, 0.15) is 5.56 Å². The summed E-state index contributed by atoms with van der Waals surface area (Å²) in [6.07, 6.45) is 2.58. The van der Waals surface area contributed by atoms with Crippen LogP contribution in [0.25, 0.3) is 0 Å². The smallest absolute Gasteiger partial charge is 0.230 e. The summed E-state index contributed by atoms with van der Waals surface area (Å²) in [5.74, 6) is -1.63. The Morgan fingerprint density at radius 2 is 2.05 bits per heavy atom. The van der Waals surface area contributed by atoms with Crippen molar-refractivity contribution < 1.29 is 13.6 Å². The summed E-state index contributed by atoms with van der Waals surface area (Å²) >= 11 is 3.11. The van der Waals surface area contributed by atoms with Crippen LogP contribution < -0.4 is 5.32 Å². The molecule has 0 fully saturated rings. The zero-order chi connectivity index (χ0) is 13.8. The summed E-state index contributed by atoms with van der Waals surface area (Å²) in [4.78, 5) is 19.4. The number of carbonyl (C=O) groups excluding carboxylic acids is 1. The Kier molecular flexibility index (Phi) is 4.16. The molecular weight excluding hydrogens is 320 g/mol. The van der Waals surface area contributed by atoms with Crippen LogP contribution in [-0.4, -0.2) is 15.9 Å². The molecule has 0 atom stereocenters. The van der Waals surface area contributed by atoms with Crippen molar-refractivity contribution in [1.82, 2.24) is 9.97 Å². The molecule has 1 heterocycles. The lowest BCUT2D eigenvalue weighted by Crippen LogP contribution is -2.16. The van der Waals surface area contributed by atoms with Crippen molar-refractivity contribution in [2.75, 3.05) is 5.32 Å². The molecule has 1 aromatic heterocycles. The highest BCUT2D eigenvalue weighted by Crippen LogP contribution is 2.11. The molecular formula is C12H8BrF2N3O. The number of aromatic nitrogens is 2. The predicted octanol–water partition coefficient (Wildman–Crippen LogP) is 2.70. The van der Waals surface area contributed by atoms with E-state index in [0.717, 1.165) is 12.1 Å². The fraction of sp³-hybridized carbons (Fsp3) is 0.0833. The number of hydrogen-bond acceptors (Lipinski definition) is 3. The number of rotatable bonds is 3. The quantitative estimate of drug-likeness (QED) is 0.943. The molecule has 0 bridgehead atoms. The van der Waals surface area contributed by atoms with E-state index in [2.05, 4.69) is 31.2 Å². The Bertz CT molecular complexity index is 604. The molecule has 2 aromatic rings. The summed E-state index contributed by atoms with van der Waals surface area (Å²) in [5.41, 5.74) is 0.115. The fourth-order valence-electron chi connectivity index (χ4n) is 1.40. The molecule has 0 spiro atoms. The van der Waals surface area contributed by atoms with E-state index in [-0.39, 0.29) is 17.8 Å². The highest BCUT2D eigenvalue weighted by Gasteiger charge is 2.10. The van der Waals surface area contributed by atoms with Gasteiger partial charge in [-0.05, 0) is 27.6 Å². The van der Waals surface area contributed by atoms with Gasteiger partial charge in [0, 0.05) is 6.07 Å². The lowest BCUT2D eigenvalue weighted by Gasteiger charge is -2.05. The summed E-state index contributed by atoms with van der Waals surface area (Å²) in [5, 5.41) is 2.47. The summed E-state index contributed by atoms with van der Waals surface area (Å²) < 4.78 is 26.6. The van der Waals surface area contributed by atoms with E-state index >= 15 is 0 Å². The molecule has 1 N–H and O–H groups in total. The lowest BCUT2D eigenvalue weighted by atomic mass is 10.1. The minimum Gasteiger partial charge on any atom is -0.309 e. The number of carbonyl (C=O) groups is 1. The number of nitrogens with zero attached hydrogens (tertiary/aromatic N) is 2. The molecule has 0 radical (unpaired) electrons. The molecule has 0 aliphatic heterocycles. The number of hydrogen-bond donors (Lipinski definition) is 1. The number of amides is 1. The van der Waals surface area contributed by atoms with Gasteiger partial charge in [0.1, 0.15) is 16.2 Å². The second-order valence-electron chi connectivity index (χ2n) is 3.69. The Labute approximate surface area is 116 Å². The number of halogens is 3. The van der Waals surface area contributed by atoms with Crippen LogP contribution in [0.4, 0.5) is 14.6 Å². The highest BCUT2D eigenvalue weighted by molar-refractivity contribution is 9.10. The zero-order valence-electron chi connectivity index (χ0n) is 9.53. The van der Waals surface area contributed by atoms with Gasteiger partial charge in [-0.15, -0.1) is 0 Å². The van der Waals surface area contributed by atoms with E-state index in [0.29, 0.717) is 4.60 Å². The summed E-state index contributed by atoms with van der Waals surface area (Å²) in [6.45, 7) is 0. The first-order valence-electron chi connectivity index (χ1n) is 5.26. The molecule has 0 unspecified atom stereocenters. The van der Waals surface area contributed by atoms with E-state index in [1.807, 2.05) is 0 Å². The van der Waals surface area contributed by atoms with Crippen LogP contribution in [0.3, 0.4) is 0 Å². The van der Waals surface area contributed by atoms with Crippen LogP contribution in [0.2, 0.25) is 0 Å². The molecule has 0 aliphatic rings. The van der Waals surface area contributed by atoms with Gasteiger partial charge in [0.15, 0.2) is 5.82 Å². The van der Waals surface area contributed by atoms with E-state index in [9.17, 15) is 13.6 Å². The highest BCUT2D eigenvalue weighted by atomic mass is 79.9. The second-order valence-corrected chi connectivity index (χ2v) is 4.50.